The predicted octanol–water partition coefficient (Wildman–Crippen LogP) is 3.47. The van der Waals surface area contributed by atoms with Crippen molar-refractivity contribution in [1.82, 2.24) is 0 Å². The van der Waals surface area contributed by atoms with E-state index >= 15 is 0 Å². The van der Waals surface area contributed by atoms with E-state index in [0.717, 1.165) is 11.3 Å². The van der Waals surface area contributed by atoms with Crippen molar-refractivity contribution < 1.29 is 23.3 Å². The molecule has 23 heavy (non-hydrogen) atoms. The van der Waals surface area contributed by atoms with Gasteiger partial charge in [-0.05, 0) is 17.7 Å². The molecule has 6 heteroatoms. The molecular formula is C17H20FNO4. The molecule has 2 aromatic rings. The van der Waals surface area contributed by atoms with Crippen LogP contribution in [-0.4, -0.2) is 28.4 Å². The predicted molar refractivity (Wildman–Crippen MR) is 86.4 cm³/mol. The van der Waals surface area contributed by atoms with Gasteiger partial charge in [0.1, 0.15) is 0 Å². The summed E-state index contributed by atoms with van der Waals surface area (Å²) in [7, 11) is 6.10. The second-order valence-electron chi connectivity index (χ2n) is 4.74. The van der Waals surface area contributed by atoms with E-state index in [-0.39, 0.29) is 5.75 Å². The Labute approximate surface area is 134 Å². The summed E-state index contributed by atoms with van der Waals surface area (Å²) in [6.07, 6.45) is 0. The second kappa shape index (κ2) is 7.58. The van der Waals surface area contributed by atoms with Gasteiger partial charge in [-0.3, -0.25) is 0 Å². The lowest BCUT2D eigenvalue weighted by Crippen LogP contribution is -2.02. The van der Waals surface area contributed by atoms with Crippen LogP contribution in [0, 0.1) is 5.82 Å². The van der Waals surface area contributed by atoms with Crippen LogP contribution in [0.4, 0.5) is 10.1 Å². The van der Waals surface area contributed by atoms with Crippen molar-refractivity contribution in [2.24, 2.45) is 0 Å². The highest BCUT2D eigenvalue weighted by molar-refractivity contribution is 5.62. The molecule has 1 N–H and O–H groups in total. The molecule has 0 atom stereocenters. The highest BCUT2D eigenvalue weighted by Crippen LogP contribution is 2.40. The number of ether oxygens (including phenoxy) is 4. The van der Waals surface area contributed by atoms with Crippen LogP contribution in [0.15, 0.2) is 30.3 Å². The van der Waals surface area contributed by atoms with Crippen molar-refractivity contribution in [3.05, 3.63) is 41.7 Å². The van der Waals surface area contributed by atoms with Gasteiger partial charge in [0, 0.05) is 24.4 Å². The fourth-order valence-corrected chi connectivity index (χ4v) is 2.21. The standard InChI is InChI=1S/C17H20FNO4/c1-20-14-6-5-11(7-13(14)18)10-19-12-8-15(21-2)17(23-4)16(9-12)22-3/h5-9,19H,10H2,1-4H3. The second-order valence-corrected chi connectivity index (χ2v) is 4.74. The van der Waals surface area contributed by atoms with E-state index in [9.17, 15) is 4.39 Å². The van der Waals surface area contributed by atoms with Crippen LogP contribution in [0.1, 0.15) is 5.56 Å². The van der Waals surface area contributed by atoms with E-state index in [1.165, 1.54) is 13.2 Å². The van der Waals surface area contributed by atoms with Gasteiger partial charge in [-0.15, -0.1) is 0 Å². The van der Waals surface area contributed by atoms with Gasteiger partial charge >= 0.3 is 0 Å². The van der Waals surface area contributed by atoms with Gasteiger partial charge in [0.15, 0.2) is 23.1 Å². The maximum atomic E-state index is 13.7. The van der Waals surface area contributed by atoms with Gasteiger partial charge in [-0.25, -0.2) is 4.39 Å². The molecule has 2 rings (SSSR count). The number of nitrogens with one attached hydrogen (secondary N) is 1. The lowest BCUT2D eigenvalue weighted by atomic mass is 10.2. The third kappa shape index (κ3) is 3.77. The van der Waals surface area contributed by atoms with Crippen molar-refractivity contribution in [1.29, 1.82) is 0 Å². The third-order valence-corrected chi connectivity index (χ3v) is 3.38. The molecule has 0 radical (unpaired) electrons. The van der Waals surface area contributed by atoms with Crippen LogP contribution in [-0.2, 0) is 6.54 Å². The van der Waals surface area contributed by atoms with E-state index < -0.39 is 5.82 Å². The van der Waals surface area contributed by atoms with Crippen molar-refractivity contribution in [2.45, 2.75) is 6.54 Å². The molecule has 0 heterocycles. The number of rotatable bonds is 7. The molecule has 0 fully saturated rings. The number of anilines is 1. The van der Waals surface area contributed by atoms with Gasteiger partial charge in [-0.1, -0.05) is 6.07 Å². The maximum Gasteiger partial charge on any atom is 0.203 e. The van der Waals surface area contributed by atoms with E-state index in [0.29, 0.717) is 23.8 Å². The van der Waals surface area contributed by atoms with Crippen LogP contribution >= 0.6 is 0 Å². The smallest absolute Gasteiger partial charge is 0.203 e. The van der Waals surface area contributed by atoms with Crippen LogP contribution in [0.2, 0.25) is 0 Å². The molecule has 0 spiro atoms. The number of methoxy groups -OCH3 is 4. The van der Waals surface area contributed by atoms with Crippen molar-refractivity contribution in [3.63, 3.8) is 0 Å². The minimum Gasteiger partial charge on any atom is -0.494 e. The third-order valence-electron chi connectivity index (χ3n) is 3.38. The van der Waals surface area contributed by atoms with Gasteiger partial charge in [-0.2, -0.15) is 0 Å². The monoisotopic (exact) mass is 321 g/mol. The first-order chi connectivity index (χ1) is 11.1. The van der Waals surface area contributed by atoms with E-state index in [4.69, 9.17) is 18.9 Å². The fourth-order valence-electron chi connectivity index (χ4n) is 2.21. The Balaban J connectivity index is 2.18. The van der Waals surface area contributed by atoms with E-state index in [2.05, 4.69) is 5.32 Å². The van der Waals surface area contributed by atoms with Crippen LogP contribution < -0.4 is 24.3 Å². The summed E-state index contributed by atoms with van der Waals surface area (Å²) in [6, 6.07) is 8.42. The Kier molecular flexibility index (Phi) is 5.51. The highest BCUT2D eigenvalue weighted by Gasteiger charge is 2.13. The Bertz CT molecular complexity index is 651. The van der Waals surface area contributed by atoms with Gasteiger partial charge in [0.25, 0.3) is 0 Å². The number of halogens is 1. The van der Waals surface area contributed by atoms with Gasteiger partial charge in [0.2, 0.25) is 5.75 Å². The fraction of sp³-hybridized carbons (Fsp3) is 0.294. The summed E-state index contributed by atoms with van der Waals surface area (Å²) < 4.78 is 34.5. The molecule has 2 aromatic carbocycles. The Morgan fingerprint density at radius 1 is 0.826 bits per heavy atom. The first-order valence-electron chi connectivity index (χ1n) is 6.99. The van der Waals surface area contributed by atoms with Gasteiger partial charge < -0.3 is 24.3 Å². The van der Waals surface area contributed by atoms with Crippen molar-refractivity contribution in [3.8, 4) is 23.0 Å². The van der Waals surface area contributed by atoms with E-state index in [1.807, 2.05) is 0 Å². The summed E-state index contributed by atoms with van der Waals surface area (Å²) in [5, 5.41) is 3.20. The molecule has 0 aromatic heterocycles. The molecule has 0 aliphatic heterocycles. The lowest BCUT2D eigenvalue weighted by Gasteiger charge is -2.15. The molecule has 0 saturated heterocycles. The summed E-state index contributed by atoms with van der Waals surface area (Å²) in [6.45, 7) is 0.444. The Hall–Kier alpha value is -2.63. The zero-order valence-corrected chi connectivity index (χ0v) is 13.6. The zero-order valence-electron chi connectivity index (χ0n) is 13.6. The van der Waals surface area contributed by atoms with Gasteiger partial charge in [0.05, 0.1) is 28.4 Å². The summed E-state index contributed by atoms with van der Waals surface area (Å²) in [4.78, 5) is 0. The summed E-state index contributed by atoms with van der Waals surface area (Å²) in [5.74, 6) is 1.46. The minimum atomic E-state index is -0.392. The largest absolute Gasteiger partial charge is 0.494 e. The zero-order chi connectivity index (χ0) is 16.8. The summed E-state index contributed by atoms with van der Waals surface area (Å²) >= 11 is 0. The lowest BCUT2D eigenvalue weighted by molar-refractivity contribution is 0.324. The summed E-state index contributed by atoms with van der Waals surface area (Å²) in [5.41, 5.74) is 1.56. The van der Waals surface area contributed by atoms with Crippen LogP contribution in [0.5, 0.6) is 23.0 Å². The first-order valence-corrected chi connectivity index (χ1v) is 6.99. The normalized spacial score (nSPS) is 10.1. The molecule has 124 valence electrons. The van der Waals surface area contributed by atoms with Crippen molar-refractivity contribution >= 4 is 5.69 Å². The van der Waals surface area contributed by atoms with E-state index in [1.54, 1.807) is 45.6 Å². The number of hydrogen-bond donors (Lipinski definition) is 1. The SMILES string of the molecule is COc1ccc(CNc2cc(OC)c(OC)c(OC)c2)cc1F. The number of hydrogen-bond acceptors (Lipinski definition) is 5. The molecule has 0 bridgehead atoms. The molecule has 0 saturated carbocycles. The maximum absolute atomic E-state index is 13.7. The highest BCUT2D eigenvalue weighted by atomic mass is 19.1. The molecule has 5 nitrogen and oxygen atoms in total. The average Bonchev–Trinajstić information content (AvgIpc) is 2.58. The number of benzene rings is 2. The molecule has 0 amide bonds. The minimum absolute atomic E-state index is 0.224. The Morgan fingerprint density at radius 3 is 1.91 bits per heavy atom. The molecule has 0 unspecified atom stereocenters. The molecule has 0 aliphatic carbocycles. The topological polar surface area (TPSA) is 49.0 Å². The molecule has 0 aliphatic rings. The quantitative estimate of drug-likeness (QED) is 0.846. The Morgan fingerprint density at radius 2 is 1.43 bits per heavy atom. The first kappa shape index (κ1) is 16.7. The molecular weight excluding hydrogens is 301 g/mol. The van der Waals surface area contributed by atoms with Crippen molar-refractivity contribution in [2.75, 3.05) is 33.8 Å². The van der Waals surface area contributed by atoms with Crippen LogP contribution in [0.25, 0.3) is 0 Å². The van der Waals surface area contributed by atoms with Crippen LogP contribution in [0.3, 0.4) is 0 Å². The average molecular weight is 321 g/mol.